The Morgan fingerprint density at radius 2 is 1.14 bits per heavy atom. The van der Waals surface area contributed by atoms with Gasteiger partial charge in [0.05, 0.1) is 18.8 Å². The molecule has 22 heavy (non-hydrogen) atoms. The predicted octanol–water partition coefficient (Wildman–Crippen LogP) is 6.01. The van der Waals surface area contributed by atoms with Crippen LogP contribution in [0.4, 0.5) is 0 Å². The molecule has 0 radical (unpaired) electrons. The van der Waals surface area contributed by atoms with Crippen LogP contribution in [-0.4, -0.2) is 23.9 Å². The first-order chi connectivity index (χ1) is 10.9. The minimum atomic E-state index is 0.131. The minimum Gasteiger partial charge on any atom is -0.394 e. The highest BCUT2D eigenvalue weighted by Crippen LogP contribution is 2.23. The highest BCUT2D eigenvalue weighted by atomic mass is 16.5. The molecule has 0 aromatic heterocycles. The summed E-state index contributed by atoms with van der Waals surface area (Å²) in [4.78, 5) is 0. The summed E-state index contributed by atoms with van der Waals surface area (Å²) in [7, 11) is 0. The van der Waals surface area contributed by atoms with E-state index < -0.39 is 0 Å². The summed E-state index contributed by atoms with van der Waals surface area (Å²) in [5.41, 5.74) is 0. The fourth-order valence-corrected chi connectivity index (χ4v) is 3.52. The van der Waals surface area contributed by atoms with E-state index in [1.165, 1.54) is 89.9 Å². The van der Waals surface area contributed by atoms with Crippen LogP contribution in [0.15, 0.2) is 0 Å². The van der Waals surface area contributed by atoms with E-state index in [0.29, 0.717) is 6.10 Å². The third-order valence-corrected chi connectivity index (χ3v) is 5.03. The van der Waals surface area contributed by atoms with Crippen molar-refractivity contribution in [1.29, 1.82) is 0 Å². The Kier molecular flexibility index (Phi) is 13.2. The van der Waals surface area contributed by atoms with Gasteiger partial charge in [0.25, 0.3) is 0 Å². The number of aliphatic hydroxyl groups excluding tert-OH is 1. The van der Waals surface area contributed by atoms with Gasteiger partial charge in [-0.3, -0.25) is 0 Å². The van der Waals surface area contributed by atoms with Gasteiger partial charge in [0.15, 0.2) is 0 Å². The van der Waals surface area contributed by atoms with Gasteiger partial charge in [0.2, 0.25) is 0 Å². The Labute approximate surface area is 139 Å². The maximum Gasteiger partial charge on any atom is 0.0810 e. The quantitative estimate of drug-likeness (QED) is 0.375. The second kappa shape index (κ2) is 14.5. The zero-order chi connectivity index (χ0) is 15.9. The van der Waals surface area contributed by atoms with Crippen LogP contribution >= 0.6 is 0 Å². The van der Waals surface area contributed by atoms with Gasteiger partial charge >= 0.3 is 0 Å². The number of hydrogen-bond donors (Lipinski definition) is 1. The molecule has 0 aromatic carbocycles. The predicted molar refractivity (Wildman–Crippen MR) is 95.3 cm³/mol. The van der Waals surface area contributed by atoms with Crippen LogP contribution in [0.5, 0.6) is 0 Å². The van der Waals surface area contributed by atoms with Gasteiger partial charge in [-0.1, -0.05) is 90.4 Å². The van der Waals surface area contributed by atoms with Crippen molar-refractivity contribution in [3.8, 4) is 0 Å². The third-order valence-electron chi connectivity index (χ3n) is 5.03. The molecule has 132 valence electrons. The highest BCUT2D eigenvalue weighted by Gasteiger charge is 2.23. The van der Waals surface area contributed by atoms with Crippen molar-refractivity contribution in [2.24, 2.45) is 0 Å². The van der Waals surface area contributed by atoms with Crippen molar-refractivity contribution in [2.45, 2.75) is 122 Å². The highest BCUT2D eigenvalue weighted by molar-refractivity contribution is 4.72. The molecule has 2 unspecified atom stereocenters. The summed E-state index contributed by atoms with van der Waals surface area (Å²) in [6.45, 7) is 2.49. The first kappa shape index (κ1) is 20.0. The van der Waals surface area contributed by atoms with Crippen LogP contribution in [0.3, 0.4) is 0 Å². The van der Waals surface area contributed by atoms with E-state index in [1.54, 1.807) is 0 Å². The Balaban J connectivity index is 1.72. The number of unbranched alkanes of at least 4 members (excludes halogenated alkanes) is 12. The van der Waals surface area contributed by atoms with Crippen LogP contribution in [0.25, 0.3) is 0 Å². The zero-order valence-corrected chi connectivity index (χ0v) is 15.0. The van der Waals surface area contributed by atoms with E-state index in [1.807, 2.05) is 0 Å². The van der Waals surface area contributed by atoms with Crippen molar-refractivity contribution in [2.75, 3.05) is 6.61 Å². The summed E-state index contributed by atoms with van der Waals surface area (Å²) in [6.07, 6.45) is 22.4. The van der Waals surface area contributed by atoms with Crippen LogP contribution < -0.4 is 0 Å². The average molecular weight is 313 g/mol. The fraction of sp³-hybridized carbons (Fsp3) is 1.00. The lowest BCUT2D eigenvalue weighted by molar-refractivity contribution is 0.00758. The lowest BCUT2D eigenvalue weighted by atomic mass is 10.0. The first-order valence-corrected chi connectivity index (χ1v) is 10.1. The van der Waals surface area contributed by atoms with Crippen LogP contribution in [0.1, 0.15) is 110 Å². The second-order valence-electron chi connectivity index (χ2n) is 7.17. The molecule has 1 saturated heterocycles. The molecule has 1 fully saturated rings. The number of rotatable bonds is 15. The molecule has 1 rings (SSSR count). The number of ether oxygens (including phenoxy) is 1. The molecule has 2 atom stereocenters. The van der Waals surface area contributed by atoms with Crippen LogP contribution in [0, 0.1) is 0 Å². The molecule has 0 spiro atoms. The lowest BCUT2D eigenvalue weighted by Gasteiger charge is -2.11. The summed E-state index contributed by atoms with van der Waals surface area (Å²) >= 11 is 0. The van der Waals surface area contributed by atoms with E-state index in [4.69, 9.17) is 9.84 Å². The van der Waals surface area contributed by atoms with Gasteiger partial charge in [-0.2, -0.15) is 0 Å². The molecule has 1 heterocycles. The molecule has 2 heteroatoms. The maximum absolute atomic E-state index is 9.04. The van der Waals surface area contributed by atoms with Crippen molar-refractivity contribution < 1.29 is 9.84 Å². The van der Waals surface area contributed by atoms with Crippen molar-refractivity contribution in [3.63, 3.8) is 0 Å². The molecule has 1 aliphatic rings. The maximum atomic E-state index is 9.04. The van der Waals surface area contributed by atoms with Crippen LogP contribution in [0.2, 0.25) is 0 Å². The Morgan fingerprint density at radius 1 is 0.682 bits per heavy atom. The van der Waals surface area contributed by atoms with E-state index >= 15 is 0 Å². The van der Waals surface area contributed by atoms with E-state index in [0.717, 1.165) is 12.8 Å². The zero-order valence-electron chi connectivity index (χ0n) is 15.0. The Morgan fingerprint density at radius 3 is 1.59 bits per heavy atom. The molecule has 0 amide bonds. The van der Waals surface area contributed by atoms with Gasteiger partial charge in [0, 0.05) is 0 Å². The van der Waals surface area contributed by atoms with E-state index in [-0.39, 0.29) is 12.7 Å². The molecule has 0 bridgehead atoms. The van der Waals surface area contributed by atoms with Gasteiger partial charge in [-0.05, 0) is 19.3 Å². The van der Waals surface area contributed by atoms with Crippen LogP contribution in [-0.2, 0) is 4.74 Å². The molecule has 0 aromatic rings. The SMILES string of the molecule is CCCCCCCCCCCCCCCC1CCC(CO)O1. The molecule has 1 N–H and O–H groups in total. The Hall–Kier alpha value is -0.0800. The second-order valence-corrected chi connectivity index (χ2v) is 7.17. The van der Waals surface area contributed by atoms with Crippen molar-refractivity contribution in [1.82, 2.24) is 0 Å². The molecule has 0 aliphatic carbocycles. The minimum absolute atomic E-state index is 0.131. The summed E-state index contributed by atoms with van der Waals surface area (Å²) in [6, 6.07) is 0. The lowest BCUT2D eigenvalue weighted by Crippen LogP contribution is -2.14. The topological polar surface area (TPSA) is 29.5 Å². The number of aliphatic hydroxyl groups is 1. The van der Waals surface area contributed by atoms with Gasteiger partial charge < -0.3 is 9.84 Å². The molecular weight excluding hydrogens is 272 g/mol. The summed E-state index contributed by atoms with van der Waals surface area (Å²) in [5.74, 6) is 0. The average Bonchev–Trinajstić information content (AvgIpc) is 3.00. The van der Waals surface area contributed by atoms with Crippen molar-refractivity contribution in [3.05, 3.63) is 0 Å². The smallest absolute Gasteiger partial charge is 0.0810 e. The standard InChI is InChI=1S/C20H40O2/c1-2-3-4-5-6-7-8-9-10-11-12-13-14-15-19-16-17-20(18-21)22-19/h19-21H,2-18H2,1H3. The summed E-state index contributed by atoms with van der Waals surface area (Å²) in [5, 5.41) is 9.04. The summed E-state index contributed by atoms with van der Waals surface area (Å²) < 4.78 is 5.77. The van der Waals surface area contributed by atoms with Gasteiger partial charge in [0.1, 0.15) is 0 Å². The molecular formula is C20H40O2. The van der Waals surface area contributed by atoms with Gasteiger partial charge in [-0.15, -0.1) is 0 Å². The molecule has 1 aliphatic heterocycles. The molecule has 0 saturated carbocycles. The fourth-order valence-electron chi connectivity index (χ4n) is 3.52. The van der Waals surface area contributed by atoms with E-state index in [9.17, 15) is 0 Å². The van der Waals surface area contributed by atoms with Crippen molar-refractivity contribution >= 4 is 0 Å². The third kappa shape index (κ3) is 10.6. The van der Waals surface area contributed by atoms with Gasteiger partial charge in [-0.25, -0.2) is 0 Å². The Bertz CT molecular complexity index is 230. The number of hydrogen-bond acceptors (Lipinski definition) is 2. The van der Waals surface area contributed by atoms with E-state index in [2.05, 4.69) is 6.92 Å². The monoisotopic (exact) mass is 312 g/mol. The first-order valence-electron chi connectivity index (χ1n) is 10.1. The normalized spacial score (nSPS) is 21.5. The largest absolute Gasteiger partial charge is 0.394 e. The molecule has 2 nitrogen and oxygen atoms in total.